The van der Waals surface area contributed by atoms with E-state index in [9.17, 15) is 4.79 Å². The molecule has 0 amide bonds. The molecule has 0 radical (unpaired) electrons. The molecule has 0 bridgehead atoms. The number of carboxylic acid groups (broad SMARTS) is 1. The Hall–Kier alpha value is -0.830. The number of hydrogen-bond acceptors (Lipinski definition) is 1. The van der Waals surface area contributed by atoms with Gasteiger partial charge in [-0.25, -0.2) is 0 Å². The zero-order valence-corrected chi connectivity index (χ0v) is 11.9. The summed E-state index contributed by atoms with van der Waals surface area (Å²) in [6.07, 6.45) is 6.10. The zero-order valence-electron chi connectivity index (χ0n) is 10.3. The molecule has 0 aliphatic heterocycles. The van der Waals surface area contributed by atoms with Gasteiger partial charge < -0.3 is 5.11 Å². The summed E-state index contributed by atoms with van der Waals surface area (Å²) in [6.45, 7) is 0. The SMILES string of the molecule is O=C(O)[C@H]1CC[C@]2(CCc3cc(Br)ccc32)CC1. The van der Waals surface area contributed by atoms with Crippen LogP contribution in [0, 0.1) is 5.92 Å². The van der Waals surface area contributed by atoms with Crippen LogP contribution in [-0.4, -0.2) is 11.1 Å². The molecule has 3 heteroatoms. The van der Waals surface area contributed by atoms with Gasteiger partial charge in [-0.3, -0.25) is 4.79 Å². The fourth-order valence-corrected chi connectivity index (χ4v) is 4.14. The Morgan fingerprint density at radius 3 is 2.67 bits per heavy atom. The lowest BCUT2D eigenvalue weighted by atomic mass is 9.67. The van der Waals surface area contributed by atoms with Gasteiger partial charge in [-0.1, -0.05) is 22.0 Å². The first-order chi connectivity index (χ1) is 8.61. The van der Waals surface area contributed by atoms with Gasteiger partial charge >= 0.3 is 5.97 Å². The van der Waals surface area contributed by atoms with Crippen molar-refractivity contribution < 1.29 is 9.90 Å². The highest BCUT2D eigenvalue weighted by Gasteiger charge is 2.42. The first-order valence-electron chi connectivity index (χ1n) is 6.62. The molecule has 1 fully saturated rings. The fraction of sp³-hybridized carbons (Fsp3) is 0.533. The minimum absolute atomic E-state index is 0.116. The summed E-state index contributed by atoms with van der Waals surface area (Å²) in [5.74, 6) is -0.728. The van der Waals surface area contributed by atoms with Crippen LogP contribution in [0.5, 0.6) is 0 Å². The second kappa shape index (κ2) is 4.37. The van der Waals surface area contributed by atoms with E-state index < -0.39 is 5.97 Å². The summed E-state index contributed by atoms with van der Waals surface area (Å²) in [5.41, 5.74) is 3.22. The third-order valence-corrected chi connectivity index (χ3v) is 5.30. The number of aryl methyl sites for hydroxylation is 1. The van der Waals surface area contributed by atoms with Gasteiger partial charge in [0.2, 0.25) is 0 Å². The molecular formula is C15H17BrO2. The van der Waals surface area contributed by atoms with Gasteiger partial charge in [-0.05, 0) is 67.2 Å². The van der Waals surface area contributed by atoms with Crippen molar-refractivity contribution in [3.05, 3.63) is 33.8 Å². The average Bonchev–Trinajstić information content (AvgIpc) is 2.68. The number of fused-ring (bicyclic) bond motifs is 2. The van der Waals surface area contributed by atoms with Crippen LogP contribution in [-0.2, 0) is 16.6 Å². The van der Waals surface area contributed by atoms with Crippen LogP contribution in [0.1, 0.15) is 43.2 Å². The number of hydrogen-bond donors (Lipinski definition) is 1. The van der Waals surface area contributed by atoms with Gasteiger partial charge in [-0.15, -0.1) is 0 Å². The Bertz CT molecular complexity index is 487. The van der Waals surface area contributed by atoms with Crippen molar-refractivity contribution in [3.63, 3.8) is 0 Å². The Morgan fingerprint density at radius 2 is 2.00 bits per heavy atom. The molecule has 1 spiro atoms. The van der Waals surface area contributed by atoms with E-state index in [4.69, 9.17) is 5.11 Å². The molecule has 0 aromatic heterocycles. The van der Waals surface area contributed by atoms with Crippen LogP contribution in [0.2, 0.25) is 0 Å². The largest absolute Gasteiger partial charge is 0.481 e. The molecule has 3 rings (SSSR count). The molecule has 0 heterocycles. The molecule has 0 unspecified atom stereocenters. The van der Waals surface area contributed by atoms with Crippen molar-refractivity contribution >= 4 is 21.9 Å². The number of aliphatic carboxylic acids is 1. The number of rotatable bonds is 1. The van der Waals surface area contributed by atoms with Crippen LogP contribution in [0.25, 0.3) is 0 Å². The molecular weight excluding hydrogens is 292 g/mol. The van der Waals surface area contributed by atoms with Crippen LogP contribution in [0.3, 0.4) is 0 Å². The normalized spacial score (nSPS) is 30.4. The molecule has 1 N–H and O–H groups in total. The van der Waals surface area contributed by atoms with E-state index in [-0.39, 0.29) is 11.3 Å². The summed E-state index contributed by atoms with van der Waals surface area (Å²) >= 11 is 3.53. The third-order valence-electron chi connectivity index (χ3n) is 4.80. The molecule has 2 aliphatic carbocycles. The van der Waals surface area contributed by atoms with Gasteiger partial charge in [0.25, 0.3) is 0 Å². The highest BCUT2D eigenvalue weighted by molar-refractivity contribution is 9.10. The topological polar surface area (TPSA) is 37.3 Å². The van der Waals surface area contributed by atoms with Crippen molar-refractivity contribution in [2.24, 2.45) is 5.92 Å². The molecule has 0 atom stereocenters. The third kappa shape index (κ3) is 1.89. The van der Waals surface area contributed by atoms with Crippen LogP contribution in [0.15, 0.2) is 22.7 Å². The molecule has 18 heavy (non-hydrogen) atoms. The van der Waals surface area contributed by atoms with Crippen LogP contribution >= 0.6 is 15.9 Å². The first kappa shape index (κ1) is 12.2. The Labute approximate surface area is 116 Å². The van der Waals surface area contributed by atoms with Crippen molar-refractivity contribution in [3.8, 4) is 0 Å². The number of benzene rings is 1. The second-order valence-electron chi connectivity index (χ2n) is 5.69. The van der Waals surface area contributed by atoms with E-state index in [0.717, 1.165) is 36.6 Å². The first-order valence-corrected chi connectivity index (χ1v) is 7.42. The van der Waals surface area contributed by atoms with Crippen molar-refractivity contribution in [1.29, 1.82) is 0 Å². The summed E-state index contributed by atoms with van der Waals surface area (Å²) in [6, 6.07) is 6.59. The molecule has 2 nitrogen and oxygen atoms in total. The molecule has 96 valence electrons. The second-order valence-corrected chi connectivity index (χ2v) is 6.61. The van der Waals surface area contributed by atoms with E-state index in [1.165, 1.54) is 17.5 Å². The smallest absolute Gasteiger partial charge is 0.306 e. The lowest BCUT2D eigenvalue weighted by Crippen LogP contribution is -2.32. The highest BCUT2D eigenvalue weighted by Crippen LogP contribution is 2.50. The molecule has 1 aromatic rings. The monoisotopic (exact) mass is 308 g/mol. The average molecular weight is 309 g/mol. The number of carboxylic acids is 1. The van der Waals surface area contributed by atoms with Gasteiger partial charge in [0, 0.05) is 4.47 Å². The summed E-state index contributed by atoms with van der Waals surface area (Å²) in [7, 11) is 0. The van der Waals surface area contributed by atoms with Crippen molar-refractivity contribution in [2.75, 3.05) is 0 Å². The van der Waals surface area contributed by atoms with Crippen molar-refractivity contribution in [2.45, 2.75) is 43.9 Å². The maximum absolute atomic E-state index is 11.0. The molecule has 1 aromatic carbocycles. The summed E-state index contributed by atoms with van der Waals surface area (Å²) in [5, 5.41) is 9.09. The van der Waals surface area contributed by atoms with E-state index in [0.29, 0.717) is 0 Å². The minimum Gasteiger partial charge on any atom is -0.481 e. The zero-order chi connectivity index (χ0) is 12.8. The minimum atomic E-state index is -0.612. The van der Waals surface area contributed by atoms with Gasteiger partial charge in [0.15, 0.2) is 0 Å². The van der Waals surface area contributed by atoms with Crippen molar-refractivity contribution in [1.82, 2.24) is 0 Å². The van der Waals surface area contributed by atoms with E-state index in [1.54, 1.807) is 0 Å². The van der Waals surface area contributed by atoms with Crippen LogP contribution in [0.4, 0.5) is 0 Å². The predicted molar refractivity (Wildman–Crippen MR) is 73.7 cm³/mol. The fourth-order valence-electron chi connectivity index (χ4n) is 3.73. The molecule has 1 saturated carbocycles. The van der Waals surface area contributed by atoms with E-state index in [2.05, 4.69) is 34.1 Å². The highest BCUT2D eigenvalue weighted by atomic mass is 79.9. The maximum atomic E-state index is 11.0. The Balaban J connectivity index is 1.86. The van der Waals surface area contributed by atoms with E-state index in [1.807, 2.05) is 0 Å². The maximum Gasteiger partial charge on any atom is 0.306 e. The molecule has 2 aliphatic rings. The predicted octanol–water partition coefficient (Wildman–Crippen LogP) is 3.91. The summed E-state index contributed by atoms with van der Waals surface area (Å²) in [4.78, 5) is 11.0. The lowest BCUT2D eigenvalue weighted by molar-refractivity contribution is -0.143. The van der Waals surface area contributed by atoms with Crippen LogP contribution < -0.4 is 0 Å². The number of halogens is 1. The number of carbonyl (C=O) groups is 1. The van der Waals surface area contributed by atoms with Gasteiger partial charge in [0.1, 0.15) is 0 Å². The quantitative estimate of drug-likeness (QED) is 0.854. The standard InChI is InChI=1S/C15H17BrO2/c16-12-1-2-13-11(9-12)5-8-15(13)6-3-10(4-7-15)14(17)18/h1-2,9-10H,3-8H2,(H,17,18)/t10-,15+. The lowest BCUT2D eigenvalue weighted by Gasteiger charge is -2.37. The Morgan fingerprint density at radius 1 is 1.28 bits per heavy atom. The van der Waals surface area contributed by atoms with Gasteiger partial charge in [0.05, 0.1) is 5.92 Å². The Kier molecular flexibility index (Phi) is 2.97. The molecule has 0 saturated heterocycles. The van der Waals surface area contributed by atoms with E-state index >= 15 is 0 Å². The summed E-state index contributed by atoms with van der Waals surface area (Å²) < 4.78 is 1.15. The van der Waals surface area contributed by atoms with Gasteiger partial charge in [-0.2, -0.15) is 0 Å².